The van der Waals surface area contributed by atoms with Crippen molar-refractivity contribution in [3.8, 4) is 0 Å². The Hall–Kier alpha value is -2.74. The number of halogens is 8. The predicted molar refractivity (Wildman–Crippen MR) is 131 cm³/mol. The molecule has 2 aliphatic rings. The van der Waals surface area contributed by atoms with E-state index in [0.29, 0.717) is 10.7 Å². The molecule has 0 unspecified atom stereocenters. The zero-order valence-corrected chi connectivity index (χ0v) is 21.2. The SMILES string of the molecule is O=C1c2cnc(Nc3ccc4c(c3)CCNC4(C(F)(F)F)C(F)(F)F)nc2SCN1c1c(Cl)cccc1Cl. The summed E-state index contributed by atoms with van der Waals surface area (Å²) in [5, 5.41) is 5.36. The van der Waals surface area contributed by atoms with E-state index in [4.69, 9.17) is 23.2 Å². The van der Waals surface area contributed by atoms with Gasteiger partial charge in [-0.2, -0.15) is 26.3 Å². The molecule has 2 N–H and O–H groups in total. The number of thioether (sulfide) groups is 1. The summed E-state index contributed by atoms with van der Waals surface area (Å²) in [7, 11) is 0. The maximum absolute atomic E-state index is 13.7. The third kappa shape index (κ3) is 4.34. The van der Waals surface area contributed by atoms with Gasteiger partial charge in [0.1, 0.15) is 5.03 Å². The van der Waals surface area contributed by atoms with E-state index in [-0.39, 0.29) is 45.1 Å². The third-order valence-corrected chi connectivity index (χ3v) is 7.75. The highest BCUT2D eigenvalue weighted by atomic mass is 35.5. The maximum atomic E-state index is 13.7. The fraction of sp³-hybridized carbons (Fsp3) is 0.261. The topological polar surface area (TPSA) is 70.1 Å². The van der Waals surface area contributed by atoms with Gasteiger partial charge in [0.05, 0.1) is 27.2 Å². The first-order valence-corrected chi connectivity index (χ1v) is 12.6. The molecule has 1 amide bonds. The van der Waals surface area contributed by atoms with Crippen LogP contribution in [0.4, 0.5) is 43.7 Å². The van der Waals surface area contributed by atoms with Crippen molar-refractivity contribution in [3.05, 3.63) is 69.3 Å². The summed E-state index contributed by atoms with van der Waals surface area (Å²) < 4.78 is 82.3. The highest BCUT2D eigenvalue weighted by Gasteiger charge is 2.72. The van der Waals surface area contributed by atoms with E-state index in [0.717, 1.165) is 12.1 Å². The molecule has 0 fully saturated rings. The Labute approximate surface area is 225 Å². The van der Waals surface area contributed by atoms with E-state index in [1.807, 2.05) is 0 Å². The summed E-state index contributed by atoms with van der Waals surface area (Å²) in [6, 6.07) is 7.95. The minimum atomic E-state index is -5.61. The molecular weight excluding hydrogens is 579 g/mol. The summed E-state index contributed by atoms with van der Waals surface area (Å²) in [5.41, 5.74) is -4.46. The highest BCUT2D eigenvalue weighted by molar-refractivity contribution is 7.99. The summed E-state index contributed by atoms with van der Waals surface area (Å²) in [4.78, 5) is 22.9. The number of amides is 1. The van der Waals surface area contributed by atoms with Crippen molar-refractivity contribution in [1.29, 1.82) is 0 Å². The minimum Gasteiger partial charge on any atom is -0.324 e. The van der Waals surface area contributed by atoms with Gasteiger partial charge >= 0.3 is 12.4 Å². The first kappa shape index (κ1) is 26.9. The van der Waals surface area contributed by atoms with Crippen LogP contribution in [0, 0.1) is 0 Å². The zero-order valence-electron chi connectivity index (χ0n) is 18.8. The van der Waals surface area contributed by atoms with Crippen LogP contribution in [0.3, 0.4) is 0 Å². The average Bonchev–Trinajstić information content (AvgIpc) is 2.83. The molecule has 0 atom stereocenters. The molecule has 0 radical (unpaired) electrons. The Morgan fingerprint density at radius 1 is 1.05 bits per heavy atom. The Kier molecular flexibility index (Phi) is 6.69. The Bertz CT molecular complexity index is 1400. The highest BCUT2D eigenvalue weighted by Crippen LogP contribution is 2.52. The zero-order chi connectivity index (χ0) is 27.5. The molecule has 38 heavy (non-hydrogen) atoms. The van der Waals surface area contributed by atoms with Crippen molar-refractivity contribution < 1.29 is 31.1 Å². The van der Waals surface area contributed by atoms with Crippen LogP contribution in [0.25, 0.3) is 0 Å². The molecule has 3 aromatic rings. The lowest BCUT2D eigenvalue weighted by Gasteiger charge is -2.42. The van der Waals surface area contributed by atoms with Crippen LogP contribution in [-0.2, 0) is 12.0 Å². The van der Waals surface area contributed by atoms with Crippen molar-refractivity contribution in [2.75, 3.05) is 22.6 Å². The predicted octanol–water partition coefficient (Wildman–Crippen LogP) is 6.70. The van der Waals surface area contributed by atoms with Gasteiger partial charge in [-0.15, -0.1) is 0 Å². The standard InChI is InChI=1S/C23H15Cl2F6N5OS/c24-15-2-1-3-16(25)17(15)36-10-38-18-13(19(36)37)9-32-20(35-18)34-12-4-5-14-11(8-12)6-7-33-21(14,22(26,27)28)23(29,30)31/h1-5,8-9,33H,6-7,10H2,(H,32,34,35). The van der Waals surface area contributed by atoms with Crippen LogP contribution in [0.5, 0.6) is 0 Å². The number of fused-ring (bicyclic) bond motifs is 2. The van der Waals surface area contributed by atoms with Crippen molar-refractivity contribution in [3.63, 3.8) is 0 Å². The van der Waals surface area contributed by atoms with Crippen LogP contribution in [0.1, 0.15) is 21.5 Å². The number of hydrogen-bond donors (Lipinski definition) is 2. The molecular formula is C23H15Cl2F6N5OS. The minimum absolute atomic E-state index is 0.0140. The average molecular weight is 594 g/mol. The monoisotopic (exact) mass is 593 g/mol. The van der Waals surface area contributed by atoms with E-state index >= 15 is 0 Å². The molecule has 2 aliphatic heterocycles. The smallest absolute Gasteiger partial charge is 0.324 e. The second kappa shape index (κ2) is 9.47. The van der Waals surface area contributed by atoms with Gasteiger partial charge in [0.25, 0.3) is 5.91 Å². The van der Waals surface area contributed by atoms with Gasteiger partial charge in [-0.25, -0.2) is 9.97 Å². The first-order valence-electron chi connectivity index (χ1n) is 10.9. The number of anilines is 3. The molecule has 6 nitrogen and oxygen atoms in total. The number of carbonyl (C=O) groups is 1. The summed E-state index contributed by atoms with van der Waals surface area (Å²) in [6.07, 6.45) is -9.99. The summed E-state index contributed by atoms with van der Waals surface area (Å²) in [5.74, 6) is -0.272. The third-order valence-electron chi connectivity index (χ3n) is 6.17. The summed E-state index contributed by atoms with van der Waals surface area (Å²) >= 11 is 13.7. The number of nitrogens with zero attached hydrogens (tertiary/aromatic N) is 3. The van der Waals surface area contributed by atoms with Crippen molar-refractivity contribution in [2.24, 2.45) is 0 Å². The van der Waals surface area contributed by atoms with E-state index in [9.17, 15) is 31.1 Å². The van der Waals surface area contributed by atoms with Gasteiger partial charge in [0, 0.05) is 18.4 Å². The quantitative estimate of drug-likeness (QED) is 0.260. The van der Waals surface area contributed by atoms with Gasteiger partial charge in [0.2, 0.25) is 11.5 Å². The maximum Gasteiger partial charge on any atom is 0.419 e. The molecule has 1 aromatic heterocycles. The summed E-state index contributed by atoms with van der Waals surface area (Å²) in [6.45, 7) is -0.518. The number of benzene rings is 2. The van der Waals surface area contributed by atoms with Crippen LogP contribution < -0.4 is 15.5 Å². The van der Waals surface area contributed by atoms with Crippen LogP contribution in [-0.4, -0.2) is 40.6 Å². The lowest BCUT2D eigenvalue weighted by molar-refractivity contribution is -0.315. The second-order valence-electron chi connectivity index (χ2n) is 8.41. The molecule has 0 aliphatic carbocycles. The van der Waals surface area contributed by atoms with Crippen LogP contribution in [0.15, 0.2) is 47.6 Å². The van der Waals surface area contributed by atoms with Gasteiger partial charge in [0.15, 0.2) is 0 Å². The van der Waals surface area contributed by atoms with Crippen molar-refractivity contribution in [1.82, 2.24) is 15.3 Å². The molecule has 5 rings (SSSR count). The molecule has 0 bridgehead atoms. The Morgan fingerprint density at radius 3 is 2.39 bits per heavy atom. The molecule has 2 aromatic carbocycles. The van der Waals surface area contributed by atoms with Crippen LogP contribution >= 0.6 is 35.0 Å². The van der Waals surface area contributed by atoms with Gasteiger partial charge in [-0.3, -0.25) is 15.0 Å². The fourth-order valence-corrected chi connectivity index (χ4v) is 5.99. The van der Waals surface area contributed by atoms with E-state index in [1.54, 1.807) is 23.5 Å². The lowest BCUT2D eigenvalue weighted by Crippen LogP contribution is -2.65. The molecule has 0 saturated carbocycles. The number of alkyl halides is 6. The number of para-hydroxylation sites is 1. The van der Waals surface area contributed by atoms with Gasteiger partial charge < -0.3 is 5.32 Å². The number of aromatic nitrogens is 2. The molecule has 3 heterocycles. The van der Waals surface area contributed by atoms with Crippen molar-refractivity contribution in [2.45, 2.75) is 29.3 Å². The Morgan fingerprint density at radius 2 is 1.74 bits per heavy atom. The van der Waals surface area contributed by atoms with E-state index < -0.39 is 35.9 Å². The van der Waals surface area contributed by atoms with E-state index in [2.05, 4.69) is 15.3 Å². The second-order valence-corrected chi connectivity index (χ2v) is 10.2. The Balaban J connectivity index is 1.42. The van der Waals surface area contributed by atoms with E-state index in [1.165, 1.54) is 28.9 Å². The normalized spacial score (nSPS) is 17.2. The molecule has 15 heteroatoms. The van der Waals surface area contributed by atoms with Crippen molar-refractivity contribution >= 4 is 58.2 Å². The molecule has 200 valence electrons. The lowest BCUT2D eigenvalue weighted by atomic mass is 9.80. The first-order chi connectivity index (χ1) is 17.8. The fourth-order valence-electron chi connectivity index (χ4n) is 4.45. The van der Waals surface area contributed by atoms with Gasteiger partial charge in [-0.05, 0) is 41.8 Å². The number of nitrogens with one attached hydrogen (secondary N) is 2. The number of hydrogen-bond acceptors (Lipinski definition) is 6. The molecule has 0 spiro atoms. The molecule has 0 saturated heterocycles. The van der Waals surface area contributed by atoms with Gasteiger partial charge in [-0.1, -0.05) is 47.1 Å². The number of rotatable bonds is 3. The number of carbonyl (C=O) groups excluding carboxylic acids is 1. The largest absolute Gasteiger partial charge is 0.419 e. The van der Waals surface area contributed by atoms with Crippen LogP contribution in [0.2, 0.25) is 10.0 Å².